The van der Waals surface area contributed by atoms with Crippen molar-refractivity contribution >= 4 is 21.7 Å². The molecule has 0 aliphatic rings. The number of sulfonamides is 1. The maximum atomic E-state index is 12.6. The zero-order valence-corrected chi connectivity index (χ0v) is 20.6. The first-order valence-electron chi connectivity index (χ1n) is 11.1. The molecule has 8 heteroatoms. The average Bonchev–Trinajstić information content (AvgIpc) is 2.87. The van der Waals surface area contributed by atoms with Crippen molar-refractivity contribution in [2.45, 2.75) is 6.54 Å². The van der Waals surface area contributed by atoms with Crippen molar-refractivity contribution in [1.82, 2.24) is 0 Å². The number of nitrogens with zero attached hydrogens (tertiary/aromatic N) is 1. The predicted molar refractivity (Wildman–Crippen MR) is 139 cm³/mol. The molecule has 4 aromatic carbocycles. The molecule has 7 nitrogen and oxygen atoms in total. The molecular weight excluding hydrogens is 478 g/mol. The average molecular weight is 504 g/mol. The molecular formula is C28H25NO6S. The number of aromatic carboxylic acids is 1. The van der Waals surface area contributed by atoms with Gasteiger partial charge < -0.3 is 14.6 Å². The van der Waals surface area contributed by atoms with Crippen LogP contribution in [0.15, 0.2) is 97.1 Å². The molecule has 0 spiro atoms. The van der Waals surface area contributed by atoms with Gasteiger partial charge in [-0.25, -0.2) is 13.2 Å². The monoisotopic (exact) mass is 503 g/mol. The number of anilines is 1. The number of hydrogen-bond acceptors (Lipinski definition) is 5. The van der Waals surface area contributed by atoms with Crippen LogP contribution in [0.5, 0.6) is 17.2 Å². The van der Waals surface area contributed by atoms with Crippen LogP contribution in [0.1, 0.15) is 15.9 Å². The first-order valence-corrected chi connectivity index (χ1v) is 12.9. The van der Waals surface area contributed by atoms with Gasteiger partial charge in [0, 0.05) is 11.6 Å². The van der Waals surface area contributed by atoms with E-state index in [2.05, 4.69) is 0 Å². The number of carboxylic acids is 1. The van der Waals surface area contributed by atoms with Gasteiger partial charge in [0.2, 0.25) is 10.0 Å². The summed E-state index contributed by atoms with van der Waals surface area (Å²) in [5.41, 5.74) is 2.91. The summed E-state index contributed by atoms with van der Waals surface area (Å²) in [7, 11) is -2.10. The Morgan fingerprint density at radius 3 is 2.08 bits per heavy atom. The Morgan fingerprint density at radius 2 is 1.50 bits per heavy atom. The third kappa shape index (κ3) is 5.84. The molecule has 4 rings (SSSR count). The summed E-state index contributed by atoms with van der Waals surface area (Å²) in [6.45, 7) is 0.0484. The van der Waals surface area contributed by atoms with Crippen molar-refractivity contribution in [3.63, 3.8) is 0 Å². The number of benzene rings is 4. The molecule has 0 radical (unpaired) electrons. The van der Waals surface area contributed by atoms with Gasteiger partial charge in [-0.15, -0.1) is 0 Å². The van der Waals surface area contributed by atoms with Gasteiger partial charge in [0.15, 0.2) is 0 Å². The lowest BCUT2D eigenvalue weighted by Crippen LogP contribution is -2.29. The lowest BCUT2D eigenvalue weighted by molar-refractivity contribution is 0.0697. The van der Waals surface area contributed by atoms with E-state index in [9.17, 15) is 13.2 Å². The summed E-state index contributed by atoms with van der Waals surface area (Å²) < 4.78 is 38.0. The van der Waals surface area contributed by atoms with Gasteiger partial charge in [-0.05, 0) is 59.7 Å². The molecule has 0 atom stereocenters. The van der Waals surface area contributed by atoms with Gasteiger partial charge in [0.25, 0.3) is 0 Å². The number of hydrogen-bond donors (Lipinski definition) is 1. The van der Waals surface area contributed by atoms with Crippen LogP contribution in [-0.2, 0) is 16.6 Å². The molecule has 184 valence electrons. The highest BCUT2D eigenvalue weighted by atomic mass is 32.2. The lowest BCUT2D eigenvalue weighted by Gasteiger charge is -2.24. The smallest absolute Gasteiger partial charge is 0.335 e. The van der Waals surface area contributed by atoms with E-state index in [4.69, 9.17) is 14.6 Å². The Kier molecular flexibility index (Phi) is 7.26. The summed E-state index contributed by atoms with van der Waals surface area (Å²) in [4.78, 5) is 11.1. The largest absolute Gasteiger partial charge is 0.496 e. The first-order chi connectivity index (χ1) is 17.2. The molecule has 0 unspecified atom stereocenters. The minimum Gasteiger partial charge on any atom is -0.496 e. The molecule has 4 aromatic rings. The fourth-order valence-electron chi connectivity index (χ4n) is 3.72. The number of carbonyl (C=O) groups is 1. The molecule has 0 bridgehead atoms. The van der Waals surface area contributed by atoms with Crippen molar-refractivity contribution in [2.24, 2.45) is 0 Å². The van der Waals surface area contributed by atoms with Gasteiger partial charge in [0.05, 0.1) is 31.2 Å². The fraction of sp³-hybridized carbons (Fsp3) is 0.107. The maximum Gasteiger partial charge on any atom is 0.335 e. The second kappa shape index (κ2) is 10.5. The van der Waals surface area contributed by atoms with E-state index in [1.54, 1.807) is 24.3 Å². The van der Waals surface area contributed by atoms with Crippen molar-refractivity contribution < 1.29 is 27.8 Å². The van der Waals surface area contributed by atoms with Crippen LogP contribution in [0.25, 0.3) is 11.1 Å². The summed E-state index contributed by atoms with van der Waals surface area (Å²) in [6, 6.07) is 28.4. The van der Waals surface area contributed by atoms with E-state index in [1.807, 2.05) is 60.7 Å². The number of rotatable bonds is 9. The van der Waals surface area contributed by atoms with E-state index in [0.717, 1.165) is 23.1 Å². The molecule has 0 aliphatic carbocycles. The molecule has 1 N–H and O–H groups in total. The van der Waals surface area contributed by atoms with E-state index in [0.29, 0.717) is 22.7 Å². The number of ether oxygens (including phenoxy) is 2. The summed E-state index contributed by atoms with van der Waals surface area (Å²) in [5.74, 6) is 0.906. The lowest BCUT2D eigenvalue weighted by atomic mass is 10.0. The molecule has 0 heterocycles. The van der Waals surface area contributed by atoms with Crippen LogP contribution in [0.4, 0.5) is 5.69 Å². The Balaban J connectivity index is 1.60. The Bertz CT molecular complexity index is 1450. The van der Waals surface area contributed by atoms with E-state index < -0.39 is 16.0 Å². The number of methoxy groups -OCH3 is 1. The van der Waals surface area contributed by atoms with Crippen molar-refractivity contribution in [2.75, 3.05) is 17.7 Å². The molecule has 0 saturated carbocycles. The van der Waals surface area contributed by atoms with E-state index in [1.165, 1.54) is 23.5 Å². The summed E-state index contributed by atoms with van der Waals surface area (Å²) in [5, 5.41) is 9.10. The Morgan fingerprint density at radius 1 is 0.861 bits per heavy atom. The molecule has 0 saturated heterocycles. The second-order valence-corrected chi connectivity index (χ2v) is 10.0. The summed E-state index contributed by atoms with van der Waals surface area (Å²) in [6.07, 6.45) is 1.13. The first kappa shape index (κ1) is 24.8. The molecule has 0 aromatic heterocycles. The maximum absolute atomic E-state index is 12.6. The van der Waals surface area contributed by atoms with Crippen molar-refractivity contribution in [1.29, 1.82) is 0 Å². The van der Waals surface area contributed by atoms with Gasteiger partial charge in [-0.3, -0.25) is 4.31 Å². The predicted octanol–water partition coefficient (Wildman–Crippen LogP) is 5.82. The van der Waals surface area contributed by atoms with Crippen LogP contribution in [0.3, 0.4) is 0 Å². The highest BCUT2D eigenvalue weighted by Gasteiger charge is 2.20. The second-order valence-electron chi connectivity index (χ2n) is 8.10. The Hall–Kier alpha value is -4.30. The van der Waals surface area contributed by atoms with Crippen molar-refractivity contribution in [3.05, 3.63) is 108 Å². The van der Waals surface area contributed by atoms with Gasteiger partial charge in [0.1, 0.15) is 17.2 Å². The highest BCUT2D eigenvalue weighted by molar-refractivity contribution is 7.92. The van der Waals surface area contributed by atoms with Crippen LogP contribution >= 0.6 is 0 Å². The molecule has 36 heavy (non-hydrogen) atoms. The van der Waals surface area contributed by atoms with Crippen LogP contribution in [0.2, 0.25) is 0 Å². The van der Waals surface area contributed by atoms with Gasteiger partial charge in [-0.2, -0.15) is 0 Å². The fourth-order valence-corrected chi connectivity index (χ4v) is 4.60. The SMILES string of the molecule is COc1cc(N(Cc2ccc(C(=O)O)cc2)S(C)(=O)=O)ccc1-c1ccc(Oc2ccccc2)cc1. The molecule has 0 amide bonds. The minimum absolute atomic E-state index is 0.0484. The van der Waals surface area contributed by atoms with Gasteiger partial charge >= 0.3 is 5.97 Å². The van der Waals surface area contributed by atoms with Crippen molar-refractivity contribution in [3.8, 4) is 28.4 Å². The van der Waals surface area contributed by atoms with Gasteiger partial charge in [-0.1, -0.05) is 42.5 Å². The van der Waals surface area contributed by atoms with E-state index in [-0.39, 0.29) is 12.1 Å². The third-order valence-corrected chi connectivity index (χ3v) is 6.69. The number of para-hydroxylation sites is 1. The van der Waals surface area contributed by atoms with Crippen LogP contribution in [0, 0.1) is 0 Å². The summed E-state index contributed by atoms with van der Waals surface area (Å²) >= 11 is 0. The highest BCUT2D eigenvalue weighted by Crippen LogP contribution is 2.36. The number of carboxylic acid groups (broad SMARTS) is 1. The standard InChI is InChI=1S/C28H25NO6S/c1-34-27-18-23(29(36(2,32)33)19-20-8-10-22(11-9-20)28(30)31)14-17-26(27)21-12-15-25(16-13-21)35-24-6-4-3-5-7-24/h3-18H,19H2,1-2H3,(H,30,31). The zero-order valence-electron chi connectivity index (χ0n) is 19.8. The van der Waals surface area contributed by atoms with Crippen LogP contribution in [-0.4, -0.2) is 32.9 Å². The van der Waals surface area contributed by atoms with E-state index >= 15 is 0 Å². The third-order valence-electron chi connectivity index (χ3n) is 5.54. The minimum atomic E-state index is -3.64. The molecule has 0 fully saturated rings. The normalized spacial score (nSPS) is 11.1. The molecule has 0 aliphatic heterocycles. The quantitative estimate of drug-likeness (QED) is 0.309. The Labute approximate surface area is 210 Å². The zero-order chi connectivity index (χ0) is 25.7. The van der Waals surface area contributed by atoms with Crippen LogP contribution < -0.4 is 13.8 Å². The topological polar surface area (TPSA) is 93.1 Å².